The first kappa shape index (κ1) is 21.5. The lowest BCUT2D eigenvalue weighted by Gasteiger charge is -2.10. The highest BCUT2D eigenvalue weighted by Gasteiger charge is 2.08. The van der Waals surface area contributed by atoms with Gasteiger partial charge in [-0.15, -0.1) is 0 Å². The van der Waals surface area contributed by atoms with Crippen molar-refractivity contribution in [3.63, 3.8) is 0 Å². The van der Waals surface area contributed by atoms with Gasteiger partial charge in [0, 0.05) is 11.4 Å². The number of nitrogens with one attached hydrogen (secondary N) is 2. The molecule has 0 bridgehead atoms. The zero-order valence-electron chi connectivity index (χ0n) is 19.6. The van der Waals surface area contributed by atoms with E-state index in [1.807, 2.05) is 12.1 Å². The summed E-state index contributed by atoms with van der Waals surface area (Å²) in [6.07, 6.45) is 0. The van der Waals surface area contributed by atoms with Crippen molar-refractivity contribution in [3.05, 3.63) is 114 Å². The van der Waals surface area contributed by atoms with Crippen LogP contribution in [0.5, 0.6) is 0 Å². The van der Waals surface area contributed by atoms with Gasteiger partial charge in [-0.05, 0) is 103 Å². The summed E-state index contributed by atoms with van der Waals surface area (Å²) in [7, 11) is 0. The van der Waals surface area contributed by atoms with Crippen LogP contribution in [0.3, 0.4) is 0 Å². The lowest BCUT2D eigenvalue weighted by atomic mass is 10.0. The van der Waals surface area contributed by atoms with E-state index in [1.165, 1.54) is 32.3 Å². The van der Waals surface area contributed by atoms with Crippen LogP contribution in [0, 0.1) is 0 Å². The standard InChI is InChI=1S/C31H20ClN5/c32-29-35-30(33-27-11-9-23-13-19-5-1-3-7-21(19)15-25(23)17-27)37-31(36-29)34-28-12-10-24-14-20-6-2-4-8-22(20)16-26(24)18-28/h1-18H,(H2,33,34,35,36,37). The molecule has 0 radical (unpaired) electrons. The van der Waals surface area contributed by atoms with Gasteiger partial charge in [-0.25, -0.2) is 0 Å². The smallest absolute Gasteiger partial charge is 0.233 e. The number of rotatable bonds is 4. The number of hydrogen-bond donors (Lipinski definition) is 2. The monoisotopic (exact) mass is 497 g/mol. The Bertz CT molecular complexity index is 1830. The molecule has 0 saturated heterocycles. The minimum Gasteiger partial charge on any atom is -0.324 e. The molecule has 0 spiro atoms. The second-order valence-corrected chi connectivity index (χ2v) is 9.36. The first-order valence-corrected chi connectivity index (χ1v) is 12.3. The number of nitrogens with zero attached hydrogens (tertiary/aromatic N) is 3. The summed E-state index contributed by atoms with van der Waals surface area (Å²) in [4.78, 5) is 13.1. The van der Waals surface area contributed by atoms with Crippen molar-refractivity contribution in [1.82, 2.24) is 15.0 Å². The molecule has 1 heterocycles. The lowest BCUT2D eigenvalue weighted by Crippen LogP contribution is -2.04. The van der Waals surface area contributed by atoms with E-state index in [2.05, 4.69) is 123 Å². The Balaban J connectivity index is 1.18. The third-order valence-electron chi connectivity index (χ3n) is 6.53. The molecular formula is C31H20ClN5. The molecule has 0 aliphatic heterocycles. The second-order valence-electron chi connectivity index (χ2n) is 9.02. The quantitative estimate of drug-likeness (QED) is 0.238. The van der Waals surface area contributed by atoms with Gasteiger partial charge in [0.15, 0.2) is 0 Å². The highest BCUT2D eigenvalue weighted by Crippen LogP contribution is 2.28. The summed E-state index contributed by atoms with van der Waals surface area (Å²) in [5, 5.41) is 16.1. The topological polar surface area (TPSA) is 62.7 Å². The van der Waals surface area contributed by atoms with Crippen molar-refractivity contribution < 1.29 is 0 Å². The minimum atomic E-state index is 0.110. The first-order valence-electron chi connectivity index (χ1n) is 12.0. The summed E-state index contributed by atoms with van der Waals surface area (Å²) < 4.78 is 0. The predicted octanol–water partition coefficient (Wildman–Crippen LogP) is 8.62. The van der Waals surface area contributed by atoms with Crippen LogP contribution in [0.2, 0.25) is 5.28 Å². The van der Waals surface area contributed by atoms with Gasteiger partial charge < -0.3 is 10.6 Å². The normalized spacial score (nSPS) is 11.4. The van der Waals surface area contributed by atoms with E-state index >= 15 is 0 Å². The van der Waals surface area contributed by atoms with Gasteiger partial charge in [0.25, 0.3) is 0 Å². The molecule has 2 N–H and O–H groups in total. The highest BCUT2D eigenvalue weighted by molar-refractivity contribution is 6.28. The minimum absolute atomic E-state index is 0.110. The zero-order valence-corrected chi connectivity index (χ0v) is 20.4. The summed E-state index contributed by atoms with van der Waals surface area (Å²) in [6.45, 7) is 0. The number of benzene rings is 6. The Kier molecular flexibility index (Phi) is 5.08. The molecule has 1 aromatic heterocycles. The van der Waals surface area contributed by atoms with E-state index in [9.17, 15) is 0 Å². The van der Waals surface area contributed by atoms with Crippen LogP contribution in [0.25, 0.3) is 43.1 Å². The third-order valence-corrected chi connectivity index (χ3v) is 6.70. The Morgan fingerprint density at radius 3 is 1.22 bits per heavy atom. The van der Waals surface area contributed by atoms with Crippen LogP contribution < -0.4 is 10.6 Å². The van der Waals surface area contributed by atoms with Gasteiger partial charge in [0.05, 0.1) is 0 Å². The molecule has 176 valence electrons. The number of fused-ring (bicyclic) bond motifs is 4. The molecule has 7 rings (SSSR count). The van der Waals surface area contributed by atoms with Gasteiger partial charge >= 0.3 is 0 Å². The molecule has 0 saturated carbocycles. The maximum absolute atomic E-state index is 6.26. The van der Waals surface area contributed by atoms with E-state index in [0.717, 1.165) is 22.1 Å². The van der Waals surface area contributed by atoms with Gasteiger partial charge in [0.1, 0.15) is 0 Å². The Morgan fingerprint density at radius 1 is 0.405 bits per heavy atom. The predicted molar refractivity (Wildman–Crippen MR) is 154 cm³/mol. The van der Waals surface area contributed by atoms with Crippen LogP contribution in [-0.4, -0.2) is 15.0 Å². The molecule has 0 aliphatic rings. The van der Waals surface area contributed by atoms with Crippen molar-refractivity contribution in [2.75, 3.05) is 10.6 Å². The van der Waals surface area contributed by atoms with Gasteiger partial charge in [0.2, 0.25) is 17.2 Å². The number of anilines is 4. The van der Waals surface area contributed by atoms with Crippen LogP contribution in [-0.2, 0) is 0 Å². The fourth-order valence-electron chi connectivity index (χ4n) is 4.76. The Hall–Kier alpha value is -4.74. The third kappa shape index (κ3) is 4.26. The summed E-state index contributed by atoms with van der Waals surface area (Å²) >= 11 is 6.26. The van der Waals surface area contributed by atoms with E-state index in [-0.39, 0.29) is 5.28 Å². The molecule has 6 aromatic carbocycles. The molecule has 5 nitrogen and oxygen atoms in total. The maximum atomic E-state index is 6.26. The molecule has 0 amide bonds. The molecular weight excluding hydrogens is 478 g/mol. The summed E-state index contributed by atoms with van der Waals surface area (Å²) in [5.74, 6) is 0.740. The fourth-order valence-corrected chi connectivity index (χ4v) is 4.92. The SMILES string of the molecule is Clc1nc(Nc2ccc3cc4ccccc4cc3c2)nc(Nc2ccc3cc4ccccc4cc3c2)n1. The van der Waals surface area contributed by atoms with Crippen LogP contribution >= 0.6 is 11.6 Å². The Labute approximate surface area is 217 Å². The van der Waals surface area contributed by atoms with E-state index < -0.39 is 0 Å². The lowest BCUT2D eigenvalue weighted by molar-refractivity contribution is 1.06. The van der Waals surface area contributed by atoms with Crippen LogP contribution in [0.15, 0.2) is 109 Å². The molecule has 0 atom stereocenters. The van der Waals surface area contributed by atoms with Crippen molar-refractivity contribution in [3.8, 4) is 0 Å². The molecule has 0 aliphatic carbocycles. The Morgan fingerprint density at radius 2 is 0.784 bits per heavy atom. The van der Waals surface area contributed by atoms with Gasteiger partial charge in [-0.1, -0.05) is 60.7 Å². The first-order chi connectivity index (χ1) is 18.2. The van der Waals surface area contributed by atoms with E-state index in [0.29, 0.717) is 11.9 Å². The number of hydrogen-bond acceptors (Lipinski definition) is 5. The van der Waals surface area contributed by atoms with E-state index in [4.69, 9.17) is 11.6 Å². The molecule has 7 aromatic rings. The number of aromatic nitrogens is 3. The van der Waals surface area contributed by atoms with E-state index in [1.54, 1.807) is 0 Å². The molecule has 0 unspecified atom stereocenters. The fraction of sp³-hybridized carbons (Fsp3) is 0. The number of halogens is 1. The van der Waals surface area contributed by atoms with Gasteiger partial charge in [-0.3, -0.25) is 0 Å². The van der Waals surface area contributed by atoms with Crippen molar-refractivity contribution in [2.45, 2.75) is 0 Å². The summed E-state index contributed by atoms with van der Waals surface area (Å²) in [5.41, 5.74) is 1.74. The van der Waals surface area contributed by atoms with Crippen molar-refractivity contribution in [2.24, 2.45) is 0 Å². The van der Waals surface area contributed by atoms with Crippen LogP contribution in [0.1, 0.15) is 0 Å². The maximum Gasteiger partial charge on any atom is 0.233 e. The molecule has 37 heavy (non-hydrogen) atoms. The largest absolute Gasteiger partial charge is 0.324 e. The van der Waals surface area contributed by atoms with Crippen molar-refractivity contribution in [1.29, 1.82) is 0 Å². The zero-order chi connectivity index (χ0) is 24.8. The second kappa shape index (κ2) is 8.73. The summed E-state index contributed by atoms with van der Waals surface area (Å²) in [6, 6.07) is 37.8. The average molecular weight is 498 g/mol. The van der Waals surface area contributed by atoms with Crippen LogP contribution in [0.4, 0.5) is 23.3 Å². The molecule has 6 heteroatoms. The van der Waals surface area contributed by atoms with Gasteiger partial charge in [-0.2, -0.15) is 15.0 Å². The van der Waals surface area contributed by atoms with Crippen molar-refractivity contribution >= 4 is 78.0 Å². The highest BCUT2D eigenvalue weighted by atomic mass is 35.5. The molecule has 0 fully saturated rings. The average Bonchev–Trinajstić information content (AvgIpc) is 2.90.